The van der Waals surface area contributed by atoms with Gasteiger partial charge < -0.3 is 10.6 Å². The monoisotopic (exact) mass is 277 g/mol. The van der Waals surface area contributed by atoms with E-state index < -0.39 is 0 Å². The van der Waals surface area contributed by atoms with Crippen LogP contribution in [0.3, 0.4) is 0 Å². The van der Waals surface area contributed by atoms with Crippen LogP contribution in [0.15, 0.2) is 24.3 Å². The molecule has 1 aromatic carbocycles. The molecule has 0 atom stereocenters. The SMILES string of the molecule is CCCN(CC(C)(C)CN)c1snc2ccccc12. The molecule has 0 unspecified atom stereocenters. The van der Waals surface area contributed by atoms with Gasteiger partial charge in [-0.3, -0.25) is 0 Å². The predicted octanol–water partition coefficient (Wildman–Crippen LogP) is 3.50. The van der Waals surface area contributed by atoms with Crippen LogP contribution < -0.4 is 10.6 Å². The van der Waals surface area contributed by atoms with Crippen LogP contribution in [-0.4, -0.2) is 24.0 Å². The van der Waals surface area contributed by atoms with Crippen molar-refractivity contribution < 1.29 is 0 Å². The smallest absolute Gasteiger partial charge is 0.119 e. The minimum Gasteiger partial charge on any atom is -0.361 e. The van der Waals surface area contributed by atoms with E-state index in [0.29, 0.717) is 6.54 Å². The largest absolute Gasteiger partial charge is 0.361 e. The van der Waals surface area contributed by atoms with Crippen molar-refractivity contribution in [1.29, 1.82) is 0 Å². The van der Waals surface area contributed by atoms with Gasteiger partial charge in [0.1, 0.15) is 5.00 Å². The minimum absolute atomic E-state index is 0.125. The number of hydrogen-bond acceptors (Lipinski definition) is 4. The zero-order chi connectivity index (χ0) is 13.9. The lowest BCUT2D eigenvalue weighted by atomic mass is 9.93. The van der Waals surface area contributed by atoms with E-state index in [4.69, 9.17) is 5.73 Å². The van der Waals surface area contributed by atoms with E-state index in [1.54, 1.807) is 11.5 Å². The third-order valence-electron chi connectivity index (χ3n) is 3.32. The Morgan fingerprint density at radius 3 is 2.74 bits per heavy atom. The van der Waals surface area contributed by atoms with Crippen LogP contribution in [0.4, 0.5) is 5.00 Å². The zero-order valence-corrected chi connectivity index (χ0v) is 12.8. The second-order valence-corrected chi connectivity index (χ2v) is 6.55. The predicted molar refractivity (Wildman–Crippen MR) is 85.0 cm³/mol. The summed E-state index contributed by atoms with van der Waals surface area (Å²) < 4.78 is 4.55. The second-order valence-electron chi connectivity index (χ2n) is 5.79. The van der Waals surface area contributed by atoms with E-state index in [1.165, 1.54) is 10.4 Å². The van der Waals surface area contributed by atoms with E-state index in [-0.39, 0.29) is 5.41 Å². The van der Waals surface area contributed by atoms with Gasteiger partial charge in [-0.15, -0.1) is 0 Å². The Morgan fingerprint density at radius 1 is 1.32 bits per heavy atom. The van der Waals surface area contributed by atoms with Crippen LogP contribution in [0.2, 0.25) is 0 Å². The van der Waals surface area contributed by atoms with Crippen molar-refractivity contribution in [1.82, 2.24) is 4.37 Å². The summed E-state index contributed by atoms with van der Waals surface area (Å²) in [5, 5.41) is 2.53. The molecule has 104 valence electrons. The summed E-state index contributed by atoms with van der Waals surface area (Å²) in [5.41, 5.74) is 7.09. The first-order chi connectivity index (χ1) is 9.07. The Kier molecular flexibility index (Phi) is 4.42. The van der Waals surface area contributed by atoms with Crippen molar-refractivity contribution in [3.8, 4) is 0 Å². The third-order valence-corrected chi connectivity index (χ3v) is 4.26. The fraction of sp³-hybridized carbons (Fsp3) is 0.533. The Bertz CT molecular complexity index is 533. The highest BCUT2D eigenvalue weighted by atomic mass is 32.1. The average molecular weight is 277 g/mol. The molecule has 0 saturated heterocycles. The van der Waals surface area contributed by atoms with E-state index in [2.05, 4.69) is 48.2 Å². The number of hydrogen-bond donors (Lipinski definition) is 1. The molecule has 0 radical (unpaired) electrons. The molecular formula is C15H23N3S. The molecule has 0 aliphatic heterocycles. The lowest BCUT2D eigenvalue weighted by molar-refractivity contribution is 0.378. The van der Waals surface area contributed by atoms with Gasteiger partial charge in [-0.2, -0.15) is 4.37 Å². The summed E-state index contributed by atoms with van der Waals surface area (Å²) >= 11 is 1.60. The molecule has 0 amide bonds. The number of rotatable bonds is 6. The Hall–Kier alpha value is -1.13. The van der Waals surface area contributed by atoms with Gasteiger partial charge in [0.05, 0.1) is 5.52 Å². The molecule has 1 aromatic heterocycles. The van der Waals surface area contributed by atoms with Gasteiger partial charge in [-0.25, -0.2) is 0 Å². The molecule has 2 N–H and O–H groups in total. The fourth-order valence-electron chi connectivity index (χ4n) is 2.21. The van der Waals surface area contributed by atoms with Gasteiger partial charge >= 0.3 is 0 Å². The number of aromatic nitrogens is 1. The molecule has 0 fully saturated rings. The third kappa shape index (κ3) is 3.25. The first-order valence-electron chi connectivity index (χ1n) is 6.87. The molecule has 4 heteroatoms. The summed E-state index contributed by atoms with van der Waals surface area (Å²) in [4.78, 5) is 2.44. The summed E-state index contributed by atoms with van der Waals surface area (Å²) in [6.45, 7) is 9.38. The number of nitrogens with two attached hydrogens (primary N) is 1. The van der Waals surface area contributed by atoms with Crippen LogP contribution in [0.25, 0.3) is 10.9 Å². The molecule has 0 saturated carbocycles. The van der Waals surface area contributed by atoms with Crippen LogP contribution in [0, 0.1) is 5.41 Å². The van der Waals surface area contributed by atoms with Gasteiger partial charge in [-0.05, 0) is 42.0 Å². The van der Waals surface area contributed by atoms with Gasteiger partial charge in [-0.1, -0.05) is 32.9 Å². The molecule has 2 aromatic rings. The van der Waals surface area contributed by atoms with E-state index in [1.807, 2.05) is 6.07 Å². The van der Waals surface area contributed by atoms with Crippen LogP contribution in [0.5, 0.6) is 0 Å². The summed E-state index contributed by atoms with van der Waals surface area (Å²) in [7, 11) is 0. The van der Waals surface area contributed by atoms with Gasteiger partial charge in [0, 0.05) is 18.5 Å². The first-order valence-corrected chi connectivity index (χ1v) is 7.64. The van der Waals surface area contributed by atoms with Crippen LogP contribution in [-0.2, 0) is 0 Å². The van der Waals surface area contributed by atoms with Gasteiger partial charge in [0.2, 0.25) is 0 Å². The highest BCUT2D eigenvalue weighted by Crippen LogP contribution is 2.33. The zero-order valence-electron chi connectivity index (χ0n) is 12.0. The van der Waals surface area contributed by atoms with E-state index in [0.717, 1.165) is 25.0 Å². The van der Waals surface area contributed by atoms with Crippen molar-refractivity contribution >= 4 is 27.4 Å². The maximum absolute atomic E-state index is 5.88. The minimum atomic E-state index is 0.125. The van der Waals surface area contributed by atoms with Crippen molar-refractivity contribution in [3.63, 3.8) is 0 Å². The fourth-order valence-corrected chi connectivity index (χ4v) is 3.09. The molecule has 3 nitrogen and oxygen atoms in total. The molecule has 0 aliphatic carbocycles. The van der Waals surface area contributed by atoms with Crippen molar-refractivity contribution in [2.45, 2.75) is 27.2 Å². The standard InChI is InChI=1S/C15H23N3S/c1-4-9-18(11-15(2,3)10-16)14-12-7-5-6-8-13(12)17-19-14/h5-8H,4,9-11,16H2,1-3H3. The number of benzene rings is 1. The van der Waals surface area contributed by atoms with Gasteiger partial charge in [0.25, 0.3) is 0 Å². The maximum Gasteiger partial charge on any atom is 0.119 e. The molecule has 2 rings (SSSR count). The highest BCUT2D eigenvalue weighted by Gasteiger charge is 2.22. The average Bonchev–Trinajstić information content (AvgIpc) is 2.82. The second kappa shape index (κ2) is 5.88. The van der Waals surface area contributed by atoms with E-state index in [9.17, 15) is 0 Å². The maximum atomic E-state index is 5.88. The molecular weight excluding hydrogens is 254 g/mol. The summed E-state index contributed by atoms with van der Waals surface area (Å²) in [6, 6.07) is 8.36. The summed E-state index contributed by atoms with van der Waals surface area (Å²) in [6.07, 6.45) is 1.13. The molecule has 0 bridgehead atoms. The Morgan fingerprint density at radius 2 is 2.05 bits per heavy atom. The highest BCUT2D eigenvalue weighted by molar-refractivity contribution is 7.11. The van der Waals surface area contributed by atoms with Crippen LogP contribution in [0.1, 0.15) is 27.2 Å². The van der Waals surface area contributed by atoms with Gasteiger partial charge in [0.15, 0.2) is 0 Å². The number of nitrogens with zero attached hydrogens (tertiary/aromatic N) is 2. The normalized spacial score (nSPS) is 12.0. The lowest BCUT2D eigenvalue weighted by Gasteiger charge is -2.32. The molecule has 0 spiro atoms. The quantitative estimate of drug-likeness (QED) is 0.878. The first kappa shape index (κ1) is 14.3. The van der Waals surface area contributed by atoms with E-state index >= 15 is 0 Å². The number of anilines is 1. The molecule has 1 heterocycles. The van der Waals surface area contributed by atoms with Crippen molar-refractivity contribution in [3.05, 3.63) is 24.3 Å². The number of fused-ring (bicyclic) bond motifs is 1. The topological polar surface area (TPSA) is 42.1 Å². The van der Waals surface area contributed by atoms with Crippen molar-refractivity contribution in [2.24, 2.45) is 11.1 Å². The Labute approximate surface area is 119 Å². The summed E-state index contributed by atoms with van der Waals surface area (Å²) in [5.74, 6) is 0. The molecule has 19 heavy (non-hydrogen) atoms. The van der Waals surface area contributed by atoms with Crippen LogP contribution >= 0.6 is 11.5 Å². The Balaban J connectivity index is 2.33. The molecule has 0 aliphatic rings. The lowest BCUT2D eigenvalue weighted by Crippen LogP contribution is -2.39. The van der Waals surface area contributed by atoms with Crippen molar-refractivity contribution in [2.75, 3.05) is 24.5 Å².